The molecular weight excluding hydrogens is 410 g/mol. The van der Waals surface area contributed by atoms with Gasteiger partial charge in [0.25, 0.3) is 11.6 Å². The molecule has 1 N–H and O–H groups in total. The Balaban J connectivity index is 1.73. The lowest BCUT2D eigenvalue weighted by atomic mass is 10.1. The lowest BCUT2D eigenvalue weighted by molar-refractivity contribution is -0.384. The number of para-hydroxylation sites is 1. The lowest BCUT2D eigenvalue weighted by Crippen LogP contribution is -2.17. The number of aromatic nitrogens is 3. The minimum absolute atomic E-state index is 0.0745. The van der Waals surface area contributed by atoms with Crippen molar-refractivity contribution in [3.05, 3.63) is 82.0 Å². The van der Waals surface area contributed by atoms with Crippen molar-refractivity contribution in [2.75, 3.05) is 24.3 Å². The van der Waals surface area contributed by atoms with Crippen LogP contribution in [0.3, 0.4) is 0 Å². The third-order valence-corrected chi connectivity index (χ3v) is 4.84. The molecule has 2 heterocycles. The van der Waals surface area contributed by atoms with Gasteiger partial charge in [0.2, 0.25) is 0 Å². The lowest BCUT2D eigenvalue weighted by Gasteiger charge is -2.14. The fraction of sp³-hybridized carbons (Fsp3) is 0.0909. The molecule has 0 aliphatic heterocycles. The van der Waals surface area contributed by atoms with Gasteiger partial charge in [-0.25, -0.2) is 4.98 Å². The van der Waals surface area contributed by atoms with Gasteiger partial charge in [-0.2, -0.15) is 15.0 Å². The summed E-state index contributed by atoms with van der Waals surface area (Å²) < 4.78 is 1.35. The van der Waals surface area contributed by atoms with Crippen molar-refractivity contribution in [3.8, 4) is 11.9 Å². The number of nitriles is 1. The predicted molar refractivity (Wildman–Crippen MR) is 119 cm³/mol. The number of carbonyl (C=O) groups excluding carboxylic acids is 1. The average Bonchev–Trinajstić information content (AvgIpc) is 3.20. The van der Waals surface area contributed by atoms with E-state index in [2.05, 4.69) is 15.4 Å². The molecule has 0 bridgehead atoms. The maximum Gasteiger partial charge on any atom is 0.293 e. The van der Waals surface area contributed by atoms with Gasteiger partial charge < -0.3 is 10.2 Å². The Morgan fingerprint density at radius 2 is 1.97 bits per heavy atom. The number of carbonyl (C=O) groups is 1. The first-order valence-electron chi connectivity index (χ1n) is 9.50. The van der Waals surface area contributed by atoms with Crippen LogP contribution in [0.1, 0.15) is 15.9 Å². The molecule has 4 aromatic rings. The average molecular weight is 427 g/mol. The van der Waals surface area contributed by atoms with E-state index in [-0.39, 0.29) is 22.6 Å². The van der Waals surface area contributed by atoms with Crippen molar-refractivity contribution in [2.45, 2.75) is 0 Å². The number of pyridine rings is 1. The van der Waals surface area contributed by atoms with E-state index >= 15 is 0 Å². The Hall–Kier alpha value is -4.78. The van der Waals surface area contributed by atoms with Crippen LogP contribution in [0, 0.1) is 21.4 Å². The summed E-state index contributed by atoms with van der Waals surface area (Å²) in [4.78, 5) is 30.0. The third kappa shape index (κ3) is 3.70. The van der Waals surface area contributed by atoms with E-state index in [1.807, 2.05) is 36.4 Å². The summed E-state index contributed by atoms with van der Waals surface area (Å²) in [7, 11) is 3.35. The minimum Gasteiger partial charge on any atom is -0.372 e. The van der Waals surface area contributed by atoms with E-state index in [1.165, 1.54) is 29.1 Å². The van der Waals surface area contributed by atoms with Crippen LogP contribution >= 0.6 is 0 Å². The van der Waals surface area contributed by atoms with Crippen molar-refractivity contribution in [2.24, 2.45) is 0 Å². The SMILES string of the molecule is CN(C)c1ccc(C(=O)Nc2c(C#N)cnn2-c2ccc3ccccc3n2)cc1[N+](=O)[O-]. The zero-order chi connectivity index (χ0) is 22.8. The molecule has 158 valence electrons. The highest BCUT2D eigenvalue weighted by molar-refractivity contribution is 6.05. The topological polar surface area (TPSA) is 130 Å². The number of hydrogen-bond acceptors (Lipinski definition) is 7. The van der Waals surface area contributed by atoms with E-state index < -0.39 is 10.8 Å². The fourth-order valence-corrected chi connectivity index (χ4v) is 3.27. The summed E-state index contributed by atoms with van der Waals surface area (Å²) in [6.07, 6.45) is 1.32. The molecule has 10 heteroatoms. The van der Waals surface area contributed by atoms with Gasteiger partial charge in [-0.05, 0) is 30.3 Å². The number of amides is 1. The number of fused-ring (bicyclic) bond motifs is 1. The third-order valence-electron chi connectivity index (χ3n) is 4.84. The monoisotopic (exact) mass is 427 g/mol. The summed E-state index contributed by atoms with van der Waals surface area (Å²) >= 11 is 0. The van der Waals surface area contributed by atoms with Gasteiger partial charge in [0.1, 0.15) is 17.3 Å². The van der Waals surface area contributed by atoms with Gasteiger partial charge in [-0.3, -0.25) is 14.9 Å². The molecule has 10 nitrogen and oxygen atoms in total. The fourth-order valence-electron chi connectivity index (χ4n) is 3.27. The zero-order valence-electron chi connectivity index (χ0n) is 17.2. The zero-order valence-corrected chi connectivity index (χ0v) is 17.2. The van der Waals surface area contributed by atoms with Crippen LogP contribution in [0.4, 0.5) is 17.2 Å². The van der Waals surface area contributed by atoms with Crippen molar-refractivity contribution in [1.82, 2.24) is 14.8 Å². The Morgan fingerprint density at radius 3 is 2.69 bits per heavy atom. The second kappa shape index (κ2) is 8.16. The molecular formula is C22H17N7O3. The van der Waals surface area contributed by atoms with Crippen LogP contribution in [-0.2, 0) is 0 Å². The van der Waals surface area contributed by atoms with Gasteiger partial charge in [0.15, 0.2) is 11.6 Å². The number of nitro groups is 1. The molecule has 4 rings (SSSR count). The van der Waals surface area contributed by atoms with E-state index in [0.29, 0.717) is 11.5 Å². The molecule has 0 aliphatic carbocycles. The normalized spacial score (nSPS) is 10.5. The Labute approximate surface area is 182 Å². The van der Waals surface area contributed by atoms with Crippen LogP contribution in [-0.4, -0.2) is 39.7 Å². The summed E-state index contributed by atoms with van der Waals surface area (Å²) in [6.45, 7) is 0. The summed E-state index contributed by atoms with van der Waals surface area (Å²) in [6, 6.07) is 17.3. The Kier molecular flexibility index (Phi) is 5.22. The number of nitrogens with zero attached hydrogens (tertiary/aromatic N) is 6. The first kappa shape index (κ1) is 20.5. The quantitative estimate of drug-likeness (QED) is 0.381. The molecule has 0 spiro atoms. The molecule has 0 fully saturated rings. The highest BCUT2D eigenvalue weighted by Gasteiger charge is 2.21. The van der Waals surface area contributed by atoms with Gasteiger partial charge >= 0.3 is 0 Å². The summed E-state index contributed by atoms with van der Waals surface area (Å²) in [5, 5.41) is 28.7. The van der Waals surface area contributed by atoms with E-state index in [0.717, 1.165) is 10.9 Å². The van der Waals surface area contributed by atoms with Gasteiger partial charge in [-0.15, -0.1) is 0 Å². The predicted octanol–water partition coefficient (Wildman–Crippen LogP) is 3.52. The molecule has 32 heavy (non-hydrogen) atoms. The van der Waals surface area contributed by atoms with E-state index in [4.69, 9.17) is 0 Å². The van der Waals surface area contributed by atoms with Gasteiger partial charge in [0, 0.05) is 31.1 Å². The number of benzene rings is 2. The van der Waals surface area contributed by atoms with Crippen LogP contribution in [0.2, 0.25) is 0 Å². The standard InChI is InChI=1S/C22H17N7O3/c1-27(2)18-9-7-15(11-19(18)29(31)32)22(30)26-21-16(12-23)13-24-28(21)20-10-8-14-5-3-4-6-17(14)25-20/h3-11,13H,1-2H3,(H,26,30). The van der Waals surface area contributed by atoms with E-state index in [9.17, 15) is 20.2 Å². The largest absolute Gasteiger partial charge is 0.372 e. The second-order valence-electron chi connectivity index (χ2n) is 7.10. The molecule has 0 aliphatic rings. The smallest absolute Gasteiger partial charge is 0.293 e. The van der Waals surface area contributed by atoms with Crippen molar-refractivity contribution >= 4 is 34.0 Å². The molecule has 2 aromatic heterocycles. The number of nitrogens with one attached hydrogen (secondary N) is 1. The maximum absolute atomic E-state index is 12.9. The molecule has 1 amide bonds. The molecule has 0 radical (unpaired) electrons. The summed E-state index contributed by atoms with van der Waals surface area (Å²) in [5.41, 5.74) is 1.10. The Bertz CT molecular complexity index is 1400. The summed E-state index contributed by atoms with van der Waals surface area (Å²) in [5.74, 6) is -0.0773. The number of hydrogen-bond donors (Lipinski definition) is 1. The Morgan fingerprint density at radius 1 is 1.19 bits per heavy atom. The first-order valence-corrected chi connectivity index (χ1v) is 9.50. The minimum atomic E-state index is -0.613. The molecule has 2 aromatic carbocycles. The van der Waals surface area contributed by atoms with Gasteiger partial charge in [0.05, 0.1) is 16.6 Å². The van der Waals surface area contributed by atoms with Crippen molar-refractivity contribution < 1.29 is 9.72 Å². The molecule has 0 saturated heterocycles. The number of nitro benzene ring substituents is 1. The highest BCUT2D eigenvalue weighted by atomic mass is 16.6. The molecule has 0 saturated carbocycles. The van der Waals surface area contributed by atoms with Crippen LogP contribution in [0.5, 0.6) is 0 Å². The van der Waals surface area contributed by atoms with Crippen molar-refractivity contribution in [1.29, 1.82) is 5.26 Å². The van der Waals surface area contributed by atoms with Crippen LogP contribution < -0.4 is 10.2 Å². The maximum atomic E-state index is 12.9. The van der Waals surface area contributed by atoms with Crippen LogP contribution in [0.25, 0.3) is 16.7 Å². The second-order valence-corrected chi connectivity index (χ2v) is 7.10. The van der Waals surface area contributed by atoms with Crippen molar-refractivity contribution in [3.63, 3.8) is 0 Å². The number of rotatable bonds is 5. The van der Waals surface area contributed by atoms with E-state index in [1.54, 1.807) is 25.1 Å². The molecule has 0 unspecified atom stereocenters. The first-order chi connectivity index (χ1) is 15.4. The number of anilines is 2. The van der Waals surface area contributed by atoms with Crippen LogP contribution in [0.15, 0.2) is 60.8 Å². The molecule has 0 atom stereocenters. The highest BCUT2D eigenvalue weighted by Crippen LogP contribution is 2.28. The van der Waals surface area contributed by atoms with Gasteiger partial charge in [-0.1, -0.05) is 18.2 Å².